The minimum Gasteiger partial charge on any atom is -0.338 e. The van der Waals surface area contributed by atoms with E-state index in [-0.39, 0.29) is 18.0 Å². The average molecular weight is 411 g/mol. The van der Waals surface area contributed by atoms with Gasteiger partial charge in [0, 0.05) is 23.7 Å². The molecule has 2 aliphatic rings. The highest BCUT2D eigenvalue weighted by Gasteiger charge is 2.35. The fourth-order valence-electron chi connectivity index (χ4n) is 5.28. The van der Waals surface area contributed by atoms with Gasteiger partial charge in [-0.1, -0.05) is 12.8 Å². The minimum atomic E-state index is -0.138. The maximum atomic E-state index is 13.1. The molecule has 3 aromatic heterocycles. The van der Waals surface area contributed by atoms with Gasteiger partial charge in [0.25, 0.3) is 5.56 Å². The van der Waals surface area contributed by atoms with E-state index in [1.54, 1.807) is 0 Å². The number of thiophene rings is 1. The first-order chi connectivity index (χ1) is 14.0. The largest absolute Gasteiger partial charge is 0.338 e. The number of pyridine rings is 1. The standard InChI is InChI=1S/C22H26N4O2S/c1-13-10-14(2)24-21-18(13)19-20(29-21)22(28)25(12-23-19)11-17(27)26-9-5-7-15-6-3-4-8-16(15)26/h10,12,15-16H,3-9,11H2,1-2H3/t15-,16-/m0/s1. The van der Waals surface area contributed by atoms with Crippen molar-refractivity contribution in [2.45, 2.75) is 65.0 Å². The van der Waals surface area contributed by atoms with E-state index in [4.69, 9.17) is 0 Å². The van der Waals surface area contributed by atoms with E-state index in [1.807, 2.05) is 24.8 Å². The molecular formula is C22H26N4O2S. The lowest BCUT2D eigenvalue weighted by molar-refractivity contribution is -0.138. The molecule has 4 heterocycles. The van der Waals surface area contributed by atoms with Crippen LogP contribution in [0.4, 0.5) is 0 Å². The van der Waals surface area contributed by atoms with Crippen LogP contribution in [0.5, 0.6) is 0 Å². The molecule has 0 unspecified atom stereocenters. The molecule has 0 radical (unpaired) electrons. The van der Waals surface area contributed by atoms with Gasteiger partial charge < -0.3 is 4.90 Å². The Morgan fingerprint density at radius 2 is 2.00 bits per heavy atom. The molecule has 0 spiro atoms. The molecule has 152 valence electrons. The van der Waals surface area contributed by atoms with Crippen molar-refractivity contribution in [3.63, 3.8) is 0 Å². The third-order valence-corrected chi connectivity index (χ3v) is 7.67. The summed E-state index contributed by atoms with van der Waals surface area (Å²) in [5.74, 6) is 0.690. The highest BCUT2D eigenvalue weighted by molar-refractivity contribution is 7.25. The minimum absolute atomic E-state index is 0.0520. The average Bonchev–Trinajstić information content (AvgIpc) is 3.09. The van der Waals surface area contributed by atoms with E-state index in [0.29, 0.717) is 22.2 Å². The number of fused-ring (bicyclic) bond motifs is 4. The van der Waals surface area contributed by atoms with Crippen molar-refractivity contribution in [1.82, 2.24) is 19.4 Å². The second kappa shape index (κ2) is 7.20. The number of amides is 1. The molecule has 2 fully saturated rings. The summed E-state index contributed by atoms with van der Waals surface area (Å²) >= 11 is 1.38. The zero-order chi connectivity index (χ0) is 20.1. The summed E-state index contributed by atoms with van der Waals surface area (Å²) in [6.07, 6.45) is 8.65. The van der Waals surface area contributed by atoms with Crippen LogP contribution < -0.4 is 5.56 Å². The van der Waals surface area contributed by atoms with Gasteiger partial charge in [-0.3, -0.25) is 14.2 Å². The molecule has 5 rings (SSSR count). The Morgan fingerprint density at radius 1 is 1.21 bits per heavy atom. The van der Waals surface area contributed by atoms with Gasteiger partial charge in [0.15, 0.2) is 0 Å². The van der Waals surface area contributed by atoms with Gasteiger partial charge in [0.1, 0.15) is 16.1 Å². The zero-order valence-electron chi connectivity index (χ0n) is 17.0. The first-order valence-electron chi connectivity index (χ1n) is 10.6. The highest BCUT2D eigenvalue weighted by atomic mass is 32.1. The van der Waals surface area contributed by atoms with Crippen LogP contribution >= 0.6 is 11.3 Å². The molecule has 1 aliphatic carbocycles. The summed E-state index contributed by atoms with van der Waals surface area (Å²) in [6, 6.07) is 2.37. The maximum Gasteiger partial charge on any atom is 0.271 e. The van der Waals surface area contributed by atoms with Gasteiger partial charge in [0.2, 0.25) is 5.91 Å². The Hall–Kier alpha value is -2.28. The Bertz CT molecular complexity index is 1160. The highest BCUT2D eigenvalue weighted by Crippen LogP contribution is 2.35. The van der Waals surface area contributed by atoms with E-state index in [0.717, 1.165) is 40.9 Å². The van der Waals surface area contributed by atoms with Crippen molar-refractivity contribution >= 4 is 37.7 Å². The lowest BCUT2D eigenvalue weighted by atomic mass is 9.78. The van der Waals surface area contributed by atoms with Gasteiger partial charge in [-0.25, -0.2) is 9.97 Å². The van der Waals surface area contributed by atoms with Crippen LogP contribution in [0.15, 0.2) is 17.2 Å². The van der Waals surface area contributed by atoms with Crippen molar-refractivity contribution in [2.24, 2.45) is 5.92 Å². The van der Waals surface area contributed by atoms with E-state index < -0.39 is 0 Å². The predicted molar refractivity (Wildman–Crippen MR) is 115 cm³/mol. The molecule has 7 heteroatoms. The van der Waals surface area contributed by atoms with E-state index in [9.17, 15) is 9.59 Å². The van der Waals surface area contributed by atoms with Crippen LogP contribution in [0.25, 0.3) is 20.4 Å². The summed E-state index contributed by atoms with van der Waals surface area (Å²) in [4.78, 5) is 38.3. The molecule has 1 amide bonds. The number of carbonyl (C=O) groups is 1. The van der Waals surface area contributed by atoms with Crippen LogP contribution in [0.2, 0.25) is 0 Å². The fourth-order valence-corrected chi connectivity index (χ4v) is 6.48. The number of aromatic nitrogens is 3. The molecule has 3 aromatic rings. The van der Waals surface area contributed by atoms with Crippen LogP contribution in [-0.4, -0.2) is 37.9 Å². The lowest BCUT2D eigenvalue weighted by Gasteiger charge is -2.44. The van der Waals surface area contributed by atoms with E-state index in [2.05, 4.69) is 9.97 Å². The van der Waals surface area contributed by atoms with Crippen LogP contribution in [0, 0.1) is 19.8 Å². The van der Waals surface area contributed by atoms with Gasteiger partial charge in [-0.15, -0.1) is 11.3 Å². The first kappa shape index (κ1) is 18.7. The first-order valence-corrected chi connectivity index (χ1v) is 11.4. The number of carbonyl (C=O) groups excluding carboxylic acids is 1. The van der Waals surface area contributed by atoms with Crippen molar-refractivity contribution in [1.29, 1.82) is 0 Å². The number of aryl methyl sites for hydroxylation is 2. The van der Waals surface area contributed by atoms with Crippen LogP contribution in [0.3, 0.4) is 0 Å². The third kappa shape index (κ3) is 3.16. The molecule has 0 bridgehead atoms. The van der Waals surface area contributed by atoms with Crippen LogP contribution in [-0.2, 0) is 11.3 Å². The molecule has 6 nitrogen and oxygen atoms in total. The fraction of sp³-hybridized carbons (Fsp3) is 0.545. The Kier molecular flexibility index (Phi) is 4.65. The Labute approximate surface area is 173 Å². The monoisotopic (exact) mass is 410 g/mol. The summed E-state index contributed by atoms with van der Waals surface area (Å²) < 4.78 is 2.07. The molecular weight excluding hydrogens is 384 g/mol. The summed E-state index contributed by atoms with van der Waals surface area (Å²) in [5.41, 5.74) is 2.58. The van der Waals surface area contributed by atoms with Crippen molar-refractivity contribution < 1.29 is 4.79 Å². The van der Waals surface area contributed by atoms with Gasteiger partial charge >= 0.3 is 0 Å². The second-order valence-corrected chi connectivity index (χ2v) is 9.56. The molecule has 0 aromatic carbocycles. The number of likely N-dealkylation sites (tertiary alicyclic amines) is 1. The Balaban J connectivity index is 1.48. The van der Waals surface area contributed by atoms with Gasteiger partial charge in [-0.2, -0.15) is 0 Å². The Morgan fingerprint density at radius 3 is 2.86 bits per heavy atom. The van der Waals surface area contributed by atoms with Crippen molar-refractivity contribution in [3.05, 3.63) is 34.0 Å². The topological polar surface area (TPSA) is 68.1 Å². The number of hydrogen-bond acceptors (Lipinski definition) is 5. The smallest absolute Gasteiger partial charge is 0.271 e. The van der Waals surface area contributed by atoms with Crippen LogP contribution in [0.1, 0.15) is 49.8 Å². The zero-order valence-corrected chi connectivity index (χ0v) is 17.8. The third-order valence-electron chi connectivity index (χ3n) is 6.61. The summed E-state index contributed by atoms with van der Waals surface area (Å²) in [7, 11) is 0. The van der Waals surface area contributed by atoms with Crippen molar-refractivity contribution in [2.75, 3.05) is 6.54 Å². The van der Waals surface area contributed by atoms with Crippen molar-refractivity contribution in [3.8, 4) is 0 Å². The normalized spacial score (nSPS) is 22.2. The molecule has 1 aliphatic heterocycles. The summed E-state index contributed by atoms with van der Waals surface area (Å²) in [5, 5.41) is 0.951. The van der Waals surface area contributed by atoms with E-state index in [1.165, 1.54) is 47.9 Å². The summed E-state index contributed by atoms with van der Waals surface area (Å²) in [6.45, 7) is 4.87. The quantitative estimate of drug-likeness (QED) is 0.644. The predicted octanol–water partition coefficient (Wildman–Crippen LogP) is 3.80. The molecule has 0 N–H and O–H groups in total. The number of piperidine rings is 1. The second-order valence-electron chi connectivity index (χ2n) is 8.56. The lowest BCUT2D eigenvalue weighted by Crippen LogP contribution is -2.51. The van der Waals surface area contributed by atoms with Gasteiger partial charge in [-0.05, 0) is 57.1 Å². The molecule has 2 atom stereocenters. The van der Waals surface area contributed by atoms with E-state index >= 15 is 0 Å². The molecule has 29 heavy (non-hydrogen) atoms. The molecule has 1 saturated carbocycles. The number of rotatable bonds is 2. The van der Waals surface area contributed by atoms with Gasteiger partial charge in [0.05, 0.1) is 11.8 Å². The maximum absolute atomic E-state index is 13.1. The number of nitrogens with zero attached hydrogens (tertiary/aromatic N) is 4. The SMILES string of the molecule is Cc1cc(C)c2c(n1)sc1c(=O)n(CC(=O)N3CCC[C@@H]4CCCC[C@@H]43)cnc12. The molecule has 1 saturated heterocycles. The number of hydrogen-bond donors (Lipinski definition) is 0.